The van der Waals surface area contributed by atoms with Crippen LogP contribution in [0.15, 0.2) is 48.5 Å². The zero-order chi connectivity index (χ0) is 18.9. The van der Waals surface area contributed by atoms with E-state index in [-0.39, 0.29) is 18.7 Å². The van der Waals surface area contributed by atoms with Crippen LogP contribution in [0.1, 0.15) is 36.7 Å². The number of anilines is 1. The molecule has 2 amide bonds. The van der Waals surface area contributed by atoms with Crippen LogP contribution in [0, 0.1) is 0 Å². The molecule has 0 heterocycles. The number of esters is 1. The maximum absolute atomic E-state index is 12.5. The van der Waals surface area contributed by atoms with Gasteiger partial charge in [0.2, 0.25) is 0 Å². The summed E-state index contributed by atoms with van der Waals surface area (Å²) in [7, 11) is 0. The number of hydrogen-bond donors (Lipinski definition) is 2. The van der Waals surface area contributed by atoms with Crippen LogP contribution in [0.4, 0.5) is 10.5 Å². The fraction of sp³-hybridized carbons (Fsp3) is 0.300. The van der Waals surface area contributed by atoms with Gasteiger partial charge in [-0.1, -0.05) is 30.3 Å². The van der Waals surface area contributed by atoms with Gasteiger partial charge in [0.15, 0.2) is 0 Å². The topological polar surface area (TPSA) is 76.7 Å². The van der Waals surface area contributed by atoms with E-state index >= 15 is 0 Å². The Hall–Kier alpha value is -3.02. The van der Waals surface area contributed by atoms with E-state index in [0.29, 0.717) is 23.6 Å². The molecule has 2 N–H and O–H groups in total. The van der Waals surface area contributed by atoms with Crippen molar-refractivity contribution in [3.05, 3.63) is 59.7 Å². The van der Waals surface area contributed by atoms with E-state index in [9.17, 15) is 9.59 Å². The molecule has 0 aliphatic heterocycles. The van der Waals surface area contributed by atoms with Gasteiger partial charge in [-0.05, 0) is 39.0 Å². The van der Waals surface area contributed by atoms with Crippen LogP contribution in [-0.4, -0.2) is 24.6 Å². The molecule has 0 aliphatic rings. The molecule has 6 heteroatoms. The highest BCUT2D eigenvalue weighted by molar-refractivity contribution is 6.00. The molecule has 2 aromatic carbocycles. The Morgan fingerprint density at radius 2 is 1.73 bits per heavy atom. The van der Waals surface area contributed by atoms with Crippen molar-refractivity contribution in [2.75, 3.05) is 11.9 Å². The fourth-order valence-corrected chi connectivity index (χ4v) is 2.33. The summed E-state index contributed by atoms with van der Waals surface area (Å²) in [6.45, 7) is 6.22. The zero-order valence-electron chi connectivity index (χ0n) is 15.2. The molecule has 26 heavy (non-hydrogen) atoms. The van der Waals surface area contributed by atoms with Gasteiger partial charge in [0.1, 0.15) is 12.4 Å². The molecule has 2 aromatic rings. The van der Waals surface area contributed by atoms with Crippen LogP contribution in [0.5, 0.6) is 5.75 Å². The van der Waals surface area contributed by atoms with Crippen LogP contribution in [0.2, 0.25) is 0 Å². The van der Waals surface area contributed by atoms with Gasteiger partial charge in [-0.2, -0.15) is 0 Å². The zero-order valence-corrected chi connectivity index (χ0v) is 15.2. The fourth-order valence-electron chi connectivity index (χ4n) is 2.33. The Labute approximate surface area is 153 Å². The van der Waals surface area contributed by atoms with Crippen molar-refractivity contribution in [3.63, 3.8) is 0 Å². The number of carbonyl (C=O) groups is 2. The molecule has 0 saturated carbocycles. The third-order valence-electron chi connectivity index (χ3n) is 3.45. The van der Waals surface area contributed by atoms with E-state index in [0.717, 1.165) is 5.56 Å². The predicted octanol–water partition coefficient (Wildman–Crippen LogP) is 3.97. The van der Waals surface area contributed by atoms with Crippen LogP contribution >= 0.6 is 0 Å². The lowest BCUT2D eigenvalue weighted by Crippen LogP contribution is -2.34. The minimum absolute atomic E-state index is 0.0100. The Morgan fingerprint density at radius 3 is 2.46 bits per heavy atom. The summed E-state index contributed by atoms with van der Waals surface area (Å²) in [6.07, 6.45) is 0. The van der Waals surface area contributed by atoms with E-state index in [1.165, 1.54) is 0 Å². The number of amides is 2. The molecule has 138 valence electrons. The van der Waals surface area contributed by atoms with E-state index in [1.807, 2.05) is 45.0 Å². The highest BCUT2D eigenvalue weighted by atomic mass is 16.5. The smallest absolute Gasteiger partial charge is 0.340 e. The second-order valence-corrected chi connectivity index (χ2v) is 5.92. The number of para-hydroxylation sites is 2. The minimum atomic E-state index is -0.517. The van der Waals surface area contributed by atoms with Crippen molar-refractivity contribution >= 4 is 17.7 Å². The third kappa shape index (κ3) is 5.51. The standard InChI is InChI=1S/C20H24N2O4/c1-4-25-18-12-8-5-9-15(18)13-26-19(23)16-10-6-7-11-17(16)22-20(24)21-14(2)3/h5-12,14H,4,13H2,1-3H3,(H2,21,22,24). The molecule has 0 aliphatic carbocycles. The molecule has 0 saturated heterocycles. The van der Waals surface area contributed by atoms with E-state index in [4.69, 9.17) is 9.47 Å². The first-order chi connectivity index (χ1) is 12.5. The van der Waals surface area contributed by atoms with Crippen LogP contribution in [-0.2, 0) is 11.3 Å². The SMILES string of the molecule is CCOc1ccccc1COC(=O)c1ccccc1NC(=O)NC(C)C. The highest BCUT2D eigenvalue weighted by Gasteiger charge is 2.15. The quantitative estimate of drug-likeness (QED) is 0.736. The summed E-state index contributed by atoms with van der Waals surface area (Å²) >= 11 is 0. The average molecular weight is 356 g/mol. The van der Waals surface area contributed by atoms with Gasteiger partial charge in [-0.3, -0.25) is 0 Å². The molecular formula is C20H24N2O4. The van der Waals surface area contributed by atoms with Crippen molar-refractivity contribution < 1.29 is 19.1 Å². The van der Waals surface area contributed by atoms with Crippen molar-refractivity contribution in [2.45, 2.75) is 33.4 Å². The number of hydrogen-bond acceptors (Lipinski definition) is 4. The molecule has 6 nitrogen and oxygen atoms in total. The van der Waals surface area contributed by atoms with Crippen LogP contribution in [0.25, 0.3) is 0 Å². The molecule has 2 rings (SSSR count). The summed E-state index contributed by atoms with van der Waals surface area (Å²) in [6, 6.07) is 13.7. The Morgan fingerprint density at radius 1 is 1.04 bits per heavy atom. The summed E-state index contributed by atoms with van der Waals surface area (Å²) in [5.74, 6) is 0.169. The van der Waals surface area contributed by atoms with Gasteiger partial charge in [-0.25, -0.2) is 9.59 Å². The van der Waals surface area contributed by atoms with Gasteiger partial charge in [0.25, 0.3) is 0 Å². The van der Waals surface area contributed by atoms with E-state index in [1.54, 1.807) is 24.3 Å². The van der Waals surface area contributed by atoms with E-state index in [2.05, 4.69) is 10.6 Å². The molecule has 0 radical (unpaired) electrons. The molecule has 0 unspecified atom stereocenters. The van der Waals surface area contributed by atoms with Gasteiger partial charge < -0.3 is 20.1 Å². The normalized spacial score (nSPS) is 10.3. The van der Waals surface area contributed by atoms with E-state index < -0.39 is 5.97 Å². The summed E-state index contributed by atoms with van der Waals surface area (Å²) in [5.41, 5.74) is 1.47. The number of urea groups is 1. The highest BCUT2D eigenvalue weighted by Crippen LogP contribution is 2.21. The maximum Gasteiger partial charge on any atom is 0.340 e. The van der Waals surface area contributed by atoms with Gasteiger partial charge in [0, 0.05) is 11.6 Å². The molecule has 0 aromatic heterocycles. The van der Waals surface area contributed by atoms with Gasteiger partial charge in [-0.15, -0.1) is 0 Å². The van der Waals surface area contributed by atoms with Crippen molar-refractivity contribution in [2.24, 2.45) is 0 Å². The number of rotatable bonds is 7. The second kappa shape index (κ2) is 9.46. The Kier molecular flexibility index (Phi) is 7.02. The summed E-state index contributed by atoms with van der Waals surface area (Å²) in [5, 5.41) is 5.40. The predicted molar refractivity (Wildman–Crippen MR) is 100 cm³/mol. The largest absolute Gasteiger partial charge is 0.493 e. The molecule has 0 atom stereocenters. The number of benzene rings is 2. The number of ether oxygens (including phenoxy) is 2. The summed E-state index contributed by atoms with van der Waals surface area (Å²) < 4.78 is 10.9. The summed E-state index contributed by atoms with van der Waals surface area (Å²) in [4.78, 5) is 24.4. The van der Waals surface area contributed by atoms with Crippen molar-refractivity contribution in [3.8, 4) is 5.75 Å². The van der Waals surface area contributed by atoms with Gasteiger partial charge >= 0.3 is 12.0 Å². The second-order valence-electron chi connectivity index (χ2n) is 5.92. The number of carbonyl (C=O) groups excluding carboxylic acids is 2. The maximum atomic E-state index is 12.5. The van der Waals surface area contributed by atoms with Crippen molar-refractivity contribution in [1.82, 2.24) is 5.32 Å². The van der Waals surface area contributed by atoms with Crippen LogP contribution < -0.4 is 15.4 Å². The first kappa shape index (κ1) is 19.3. The molecule has 0 spiro atoms. The Bertz CT molecular complexity index is 759. The van der Waals surface area contributed by atoms with Crippen LogP contribution in [0.3, 0.4) is 0 Å². The molecular weight excluding hydrogens is 332 g/mol. The molecule has 0 bridgehead atoms. The lowest BCUT2D eigenvalue weighted by Gasteiger charge is -2.14. The number of nitrogens with one attached hydrogen (secondary N) is 2. The lowest BCUT2D eigenvalue weighted by molar-refractivity contribution is 0.0471. The first-order valence-corrected chi connectivity index (χ1v) is 8.55. The third-order valence-corrected chi connectivity index (χ3v) is 3.45. The lowest BCUT2D eigenvalue weighted by atomic mass is 10.1. The average Bonchev–Trinajstić information content (AvgIpc) is 2.60. The Balaban J connectivity index is 2.07. The molecule has 0 fully saturated rings. The monoisotopic (exact) mass is 356 g/mol. The van der Waals surface area contributed by atoms with Gasteiger partial charge in [0.05, 0.1) is 17.9 Å². The van der Waals surface area contributed by atoms with Crippen molar-refractivity contribution in [1.29, 1.82) is 0 Å². The minimum Gasteiger partial charge on any atom is -0.493 e. The first-order valence-electron chi connectivity index (χ1n) is 8.55.